The van der Waals surface area contributed by atoms with Gasteiger partial charge in [-0.3, -0.25) is 4.98 Å². The molecule has 0 fully saturated rings. The molecule has 166 valence electrons. The van der Waals surface area contributed by atoms with Crippen molar-refractivity contribution in [1.29, 1.82) is 0 Å². The van der Waals surface area contributed by atoms with Crippen LogP contribution in [0, 0.1) is 0 Å². The van der Waals surface area contributed by atoms with Crippen LogP contribution in [0.5, 0.6) is 0 Å². The van der Waals surface area contributed by atoms with Gasteiger partial charge in [-0.1, -0.05) is 24.6 Å². The van der Waals surface area contributed by atoms with Gasteiger partial charge < -0.3 is 15.2 Å². The summed E-state index contributed by atoms with van der Waals surface area (Å²) in [5.74, 6) is 3.13. The molecule has 0 bridgehead atoms. The van der Waals surface area contributed by atoms with Crippen LogP contribution in [0.15, 0.2) is 41.5 Å². The lowest BCUT2D eigenvalue weighted by molar-refractivity contribution is 0.594. The van der Waals surface area contributed by atoms with E-state index in [9.17, 15) is 0 Å². The zero-order valence-electron chi connectivity index (χ0n) is 18.2. The number of nitrogens with zero attached hydrogens (tertiary/aromatic N) is 5. The molecule has 1 aliphatic heterocycles. The molecule has 1 aromatic carbocycles. The van der Waals surface area contributed by atoms with Crippen LogP contribution >= 0.6 is 24.0 Å². The molecule has 8 heteroatoms. The highest BCUT2D eigenvalue weighted by Crippen LogP contribution is 2.17. The Hall–Kier alpha value is -2.23. The highest BCUT2D eigenvalue weighted by molar-refractivity contribution is 14.0. The van der Waals surface area contributed by atoms with Gasteiger partial charge >= 0.3 is 0 Å². The second-order valence-electron chi connectivity index (χ2n) is 7.71. The minimum absolute atomic E-state index is 0. The number of aromatic nitrogens is 4. The van der Waals surface area contributed by atoms with Crippen molar-refractivity contribution in [2.24, 2.45) is 4.99 Å². The van der Waals surface area contributed by atoms with E-state index in [0.29, 0.717) is 6.54 Å². The van der Waals surface area contributed by atoms with Crippen LogP contribution in [-0.4, -0.2) is 38.8 Å². The van der Waals surface area contributed by atoms with E-state index >= 15 is 0 Å². The Kier molecular flexibility index (Phi) is 9.05. The first-order chi connectivity index (χ1) is 14.8. The largest absolute Gasteiger partial charge is 0.357 e. The molecule has 0 saturated carbocycles. The molecule has 0 unspecified atom stereocenters. The smallest absolute Gasteiger partial charge is 0.191 e. The van der Waals surface area contributed by atoms with E-state index in [1.807, 2.05) is 30.5 Å². The van der Waals surface area contributed by atoms with Gasteiger partial charge in [0.05, 0.1) is 12.1 Å². The Balaban J connectivity index is 0.00000272. The van der Waals surface area contributed by atoms with E-state index in [1.54, 1.807) is 0 Å². The molecule has 2 aromatic heterocycles. The van der Waals surface area contributed by atoms with Crippen molar-refractivity contribution < 1.29 is 0 Å². The van der Waals surface area contributed by atoms with Gasteiger partial charge in [0, 0.05) is 44.1 Å². The molecular weight excluding hydrogens is 501 g/mol. The molecule has 0 saturated heterocycles. The Morgan fingerprint density at radius 3 is 2.90 bits per heavy atom. The van der Waals surface area contributed by atoms with Crippen LogP contribution in [-0.2, 0) is 25.9 Å². The number of hydrogen-bond acceptors (Lipinski definition) is 4. The Morgan fingerprint density at radius 1 is 1.10 bits per heavy atom. The lowest BCUT2D eigenvalue weighted by Gasteiger charge is -2.12. The third-order valence-electron chi connectivity index (χ3n) is 5.55. The zero-order chi connectivity index (χ0) is 20.6. The molecule has 1 aliphatic rings. The number of halogens is 1. The Labute approximate surface area is 201 Å². The van der Waals surface area contributed by atoms with Crippen molar-refractivity contribution in [2.75, 3.05) is 13.1 Å². The summed E-state index contributed by atoms with van der Waals surface area (Å²) in [6.45, 7) is 5.46. The second-order valence-corrected chi connectivity index (χ2v) is 7.71. The topological polar surface area (TPSA) is 80.0 Å². The number of aliphatic imine (C=N–C) groups is 1. The van der Waals surface area contributed by atoms with Crippen LogP contribution in [0.1, 0.15) is 49.8 Å². The summed E-state index contributed by atoms with van der Waals surface area (Å²) in [4.78, 5) is 9.22. The maximum atomic E-state index is 4.78. The number of benzene rings is 1. The zero-order valence-corrected chi connectivity index (χ0v) is 20.5. The summed E-state index contributed by atoms with van der Waals surface area (Å²) < 4.78 is 2.33. The van der Waals surface area contributed by atoms with Crippen LogP contribution in [0.4, 0.5) is 0 Å². The van der Waals surface area contributed by atoms with E-state index in [0.717, 1.165) is 67.4 Å². The summed E-state index contributed by atoms with van der Waals surface area (Å²) in [6.07, 6.45) is 8.61. The maximum Gasteiger partial charge on any atom is 0.191 e. The van der Waals surface area contributed by atoms with Gasteiger partial charge in [-0.15, -0.1) is 34.2 Å². The lowest BCUT2D eigenvalue weighted by atomic mass is 10.1. The maximum absolute atomic E-state index is 4.78. The van der Waals surface area contributed by atoms with Gasteiger partial charge in [-0.05, 0) is 43.9 Å². The van der Waals surface area contributed by atoms with Crippen molar-refractivity contribution in [1.82, 2.24) is 30.4 Å². The van der Waals surface area contributed by atoms with E-state index < -0.39 is 0 Å². The predicted octanol–water partition coefficient (Wildman–Crippen LogP) is 3.86. The van der Waals surface area contributed by atoms with Crippen LogP contribution < -0.4 is 10.6 Å². The van der Waals surface area contributed by atoms with E-state index in [1.165, 1.54) is 24.8 Å². The number of aryl methyl sites for hydroxylation is 2. The molecule has 4 rings (SSSR count). The number of fused-ring (bicyclic) bond motifs is 2. The standard InChI is InChI=1S/C23H31N7.HI/c1-2-24-23(27-17-18-13-15-25-20-10-6-5-9-19(18)20)26-14-8-12-22-29-28-21-11-4-3-7-16-30(21)22;/h5-6,9-10,13,15H,2-4,7-8,11-12,14,16-17H2,1H3,(H2,24,26,27);1H. The minimum atomic E-state index is 0. The van der Waals surface area contributed by atoms with Crippen LogP contribution in [0.25, 0.3) is 10.9 Å². The molecule has 0 radical (unpaired) electrons. The third kappa shape index (κ3) is 6.15. The highest BCUT2D eigenvalue weighted by atomic mass is 127. The molecule has 3 heterocycles. The molecular formula is C23H32IN7. The molecule has 31 heavy (non-hydrogen) atoms. The molecule has 0 amide bonds. The monoisotopic (exact) mass is 533 g/mol. The summed E-state index contributed by atoms with van der Waals surface area (Å²) >= 11 is 0. The number of guanidine groups is 1. The molecule has 0 aliphatic carbocycles. The van der Waals surface area contributed by atoms with Crippen molar-refractivity contribution in [3.63, 3.8) is 0 Å². The Bertz CT molecular complexity index is 993. The first kappa shape index (κ1) is 23.4. The number of rotatable bonds is 7. The van der Waals surface area contributed by atoms with Crippen LogP contribution in [0.2, 0.25) is 0 Å². The van der Waals surface area contributed by atoms with Gasteiger partial charge in [-0.25, -0.2) is 4.99 Å². The van der Waals surface area contributed by atoms with E-state index in [2.05, 4.69) is 43.4 Å². The fourth-order valence-corrected chi connectivity index (χ4v) is 3.98. The SMILES string of the molecule is CCNC(=NCc1ccnc2ccccc12)NCCCc1nnc2n1CCCCC2.I. The third-order valence-corrected chi connectivity index (χ3v) is 5.55. The molecule has 0 spiro atoms. The van der Waals surface area contributed by atoms with Crippen LogP contribution in [0.3, 0.4) is 0 Å². The molecule has 7 nitrogen and oxygen atoms in total. The van der Waals surface area contributed by atoms with Gasteiger partial charge in [0.2, 0.25) is 0 Å². The van der Waals surface area contributed by atoms with Gasteiger partial charge in [0.25, 0.3) is 0 Å². The quantitative estimate of drug-likeness (QED) is 0.209. The normalized spacial score (nSPS) is 13.9. The highest BCUT2D eigenvalue weighted by Gasteiger charge is 2.14. The van der Waals surface area contributed by atoms with Gasteiger partial charge in [-0.2, -0.15) is 0 Å². The average Bonchev–Trinajstić information content (AvgIpc) is 3.00. The Morgan fingerprint density at radius 2 is 2.00 bits per heavy atom. The van der Waals surface area contributed by atoms with E-state index in [4.69, 9.17) is 4.99 Å². The number of nitrogens with one attached hydrogen (secondary N) is 2. The summed E-state index contributed by atoms with van der Waals surface area (Å²) in [5, 5.41) is 16.8. The number of hydrogen-bond donors (Lipinski definition) is 2. The number of pyridine rings is 1. The average molecular weight is 533 g/mol. The van der Waals surface area contributed by atoms with Crippen molar-refractivity contribution >= 4 is 40.8 Å². The molecule has 0 atom stereocenters. The summed E-state index contributed by atoms with van der Waals surface area (Å²) in [7, 11) is 0. The van der Waals surface area contributed by atoms with E-state index in [-0.39, 0.29) is 24.0 Å². The first-order valence-corrected chi connectivity index (χ1v) is 11.1. The minimum Gasteiger partial charge on any atom is -0.357 e. The molecule has 3 aromatic rings. The fourth-order valence-electron chi connectivity index (χ4n) is 3.98. The van der Waals surface area contributed by atoms with Crippen molar-refractivity contribution in [3.05, 3.63) is 53.7 Å². The summed E-state index contributed by atoms with van der Waals surface area (Å²) in [6, 6.07) is 10.3. The van der Waals surface area contributed by atoms with Crippen molar-refractivity contribution in [2.45, 2.75) is 58.5 Å². The first-order valence-electron chi connectivity index (χ1n) is 11.1. The molecule has 2 N–H and O–H groups in total. The lowest BCUT2D eigenvalue weighted by Crippen LogP contribution is -2.37. The fraction of sp³-hybridized carbons (Fsp3) is 0.478. The number of para-hydroxylation sites is 1. The van der Waals surface area contributed by atoms with Gasteiger partial charge in [0.15, 0.2) is 5.96 Å². The second kappa shape index (κ2) is 12.0. The summed E-state index contributed by atoms with van der Waals surface area (Å²) in [5.41, 5.74) is 2.19. The van der Waals surface area contributed by atoms with Crippen molar-refractivity contribution in [3.8, 4) is 0 Å². The predicted molar refractivity (Wildman–Crippen MR) is 136 cm³/mol. The van der Waals surface area contributed by atoms with Gasteiger partial charge in [0.1, 0.15) is 11.6 Å².